The fourth-order valence-electron chi connectivity index (χ4n) is 2.59. The highest BCUT2D eigenvalue weighted by Gasteiger charge is 2.06. The van der Waals surface area contributed by atoms with Crippen molar-refractivity contribution in [3.8, 4) is 0 Å². The number of hydrogen-bond donors (Lipinski definition) is 0. The van der Waals surface area contributed by atoms with Crippen LogP contribution >= 0.6 is 0 Å². The summed E-state index contributed by atoms with van der Waals surface area (Å²) < 4.78 is 0. The third kappa shape index (κ3) is 12.2. The second-order valence-corrected chi connectivity index (χ2v) is 6.69. The lowest BCUT2D eigenvalue weighted by atomic mass is 9.92. The Kier molecular flexibility index (Phi) is 11.6. The lowest BCUT2D eigenvalue weighted by Gasteiger charge is -2.14. The lowest BCUT2D eigenvalue weighted by Crippen LogP contribution is -2.00. The van der Waals surface area contributed by atoms with Crippen LogP contribution in [0.2, 0.25) is 0 Å². The zero-order valence-electron chi connectivity index (χ0n) is 13.4. The molecule has 0 amide bonds. The fourth-order valence-corrected chi connectivity index (χ4v) is 2.59. The van der Waals surface area contributed by atoms with Gasteiger partial charge in [0.05, 0.1) is 0 Å². The molecule has 0 rings (SSSR count). The molecule has 2 atom stereocenters. The Morgan fingerprint density at radius 1 is 0.722 bits per heavy atom. The molecule has 0 nitrogen and oxygen atoms in total. The van der Waals surface area contributed by atoms with Gasteiger partial charge in [0.15, 0.2) is 0 Å². The molecule has 0 N–H and O–H groups in total. The molecule has 0 saturated heterocycles. The van der Waals surface area contributed by atoms with E-state index in [-0.39, 0.29) is 0 Å². The van der Waals surface area contributed by atoms with E-state index in [0.717, 1.165) is 17.8 Å². The van der Waals surface area contributed by atoms with Gasteiger partial charge in [-0.3, -0.25) is 0 Å². The van der Waals surface area contributed by atoms with Crippen LogP contribution in [0, 0.1) is 17.8 Å². The van der Waals surface area contributed by atoms with Crippen LogP contribution in [-0.4, -0.2) is 0 Å². The minimum Gasteiger partial charge on any atom is -0.103 e. The topological polar surface area (TPSA) is 0 Å². The maximum Gasteiger partial charge on any atom is -0.0353 e. The summed E-state index contributed by atoms with van der Waals surface area (Å²) in [4.78, 5) is 0. The first-order valence-electron chi connectivity index (χ1n) is 8.17. The van der Waals surface area contributed by atoms with Gasteiger partial charge >= 0.3 is 0 Å². The van der Waals surface area contributed by atoms with Crippen LogP contribution < -0.4 is 0 Å². The van der Waals surface area contributed by atoms with Gasteiger partial charge in [-0.15, -0.1) is 6.58 Å². The molecule has 18 heavy (non-hydrogen) atoms. The van der Waals surface area contributed by atoms with E-state index >= 15 is 0 Å². The molecule has 0 aromatic rings. The zero-order chi connectivity index (χ0) is 13.8. The highest BCUT2D eigenvalue weighted by Crippen LogP contribution is 2.21. The molecule has 0 spiro atoms. The van der Waals surface area contributed by atoms with Crippen LogP contribution in [0.1, 0.15) is 85.5 Å². The van der Waals surface area contributed by atoms with Crippen molar-refractivity contribution in [2.75, 3.05) is 0 Å². The van der Waals surface area contributed by atoms with Gasteiger partial charge in [-0.25, -0.2) is 0 Å². The monoisotopic (exact) mass is 252 g/mol. The standard InChI is InChI=1S/C18H36/c1-6-7-8-12-17(4)14-10-15-18(5)13-9-11-16(2)3/h6,16-18H,1,7-15H2,2-5H3. The summed E-state index contributed by atoms with van der Waals surface area (Å²) in [6.45, 7) is 13.3. The second-order valence-electron chi connectivity index (χ2n) is 6.69. The summed E-state index contributed by atoms with van der Waals surface area (Å²) >= 11 is 0. The van der Waals surface area contributed by atoms with Crippen LogP contribution in [0.25, 0.3) is 0 Å². The predicted octanol–water partition coefficient (Wildman–Crippen LogP) is 6.61. The van der Waals surface area contributed by atoms with E-state index in [0.29, 0.717) is 0 Å². The Hall–Kier alpha value is -0.260. The Balaban J connectivity index is 3.37. The average molecular weight is 252 g/mol. The third-order valence-corrected chi connectivity index (χ3v) is 3.98. The summed E-state index contributed by atoms with van der Waals surface area (Å²) in [5.74, 6) is 2.72. The summed E-state index contributed by atoms with van der Waals surface area (Å²) in [5.41, 5.74) is 0. The van der Waals surface area contributed by atoms with E-state index in [9.17, 15) is 0 Å². The molecule has 0 aliphatic heterocycles. The van der Waals surface area contributed by atoms with Crippen LogP contribution in [-0.2, 0) is 0 Å². The van der Waals surface area contributed by atoms with Crippen molar-refractivity contribution in [3.63, 3.8) is 0 Å². The van der Waals surface area contributed by atoms with Crippen LogP contribution in [0.4, 0.5) is 0 Å². The largest absolute Gasteiger partial charge is 0.103 e. The SMILES string of the molecule is C=CCCCC(C)CCCC(C)CCCC(C)C. The van der Waals surface area contributed by atoms with Gasteiger partial charge in [0.25, 0.3) is 0 Å². The normalized spacial score (nSPS) is 14.7. The van der Waals surface area contributed by atoms with Gasteiger partial charge in [-0.1, -0.05) is 78.7 Å². The van der Waals surface area contributed by atoms with E-state index in [1.807, 2.05) is 6.08 Å². The molecular formula is C18H36. The molecule has 0 radical (unpaired) electrons. The van der Waals surface area contributed by atoms with Crippen molar-refractivity contribution in [3.05, 3.63) is 12.7 Å². The van der Waals surface area contributed by atoms with E-state index in [4.69, 9.17) is 0 Å². The van der Waals surface area contributed by atoms with Crippen molar-refractivity contribution in [2.45, 2.75) is 85.5 Å². The second kappa shape index (κ2) is 11.8. The maximum absolute atomic E-state index is 3.78. The lowest BCUT2D eigenvalue weighted by molar-refractivity contribution is 0.389. The Morgan fingerprint density at radius 3 is 1.61 bits per heavy atom. The van der Waals surface area contributed by atoms with Gasteiger partial charge in [0.1, 0.15) is 0 Å². The smallest absolute Gasteiger partial charge is 0.0353 e. The van der Waals surface area contributed by atoms with E-state index in [1.54, 1.807) is 0 Å². The first-order valence-corrected chi connectivity index (χ1v) is 8.17. The summed E-state index contributed by atoms with van der Waals surface area (Å²) in [6.07, 6.45) is 14.5. The highest BCUT2D eigenvalue weighted by atomic mass is 14.1. The van der Waals surface area contributed by atoms with Crippen molar-refractivity contribution in [2.24, 2.45) is 17.8 Å². The first-order chi connectivity index (χ1) is 8.56. The Bertz CT molecular complexity index is 180. The fraction of sp³-hybridized carbons (Fsp3) is 0.889. The van der Waals surface area contributed by atoms with Gasteiger partial charge in [-0.05, 0) is 30.6 Å². The molecule has 0 aliphatic rings. The van der Waals surface area contributed by atoms with E-state index < -0.39 is 0 Å². The predicted molar refractivity (Wildman–Crippen MR) is 84.9 cm³/mol. The first kappa shape index (κ1) is 17.7. The number of rotatable bonds is 12. The third-order valence-electron chi connectivity index (χ3n) is 3.98. The minimum atomic E-state index is 0.877. The van der Waals surface area contributed by atoms with Crippen LogP contribution in [0.15, 0.2) is 12.7 Å². The molecule has 0 aromatic carbocycles. The van der Waals surface area contributed by atoms with E-state index in [2.05, 4.69) is 34.3 Å². The number of unbranched alkanes of at least 4 members (excludes halogenated alkanes) is 1. The van der Waals surface area contributed by atoms with Gasteiger partial charge in [0.2, 0.25) is 0 Å². The molecular weight excluding hydrogens is 216 g/mol. The molecule has 0 aromatic heterocycles. The molecule has 0 saturated carbocycles. The number of hydrogen-bond acceptors (Lipinski definition) is 0. The van der Waals surface area contributed by atoms with Crippen molar-refractivity contribution >= 4 is 0 Å². The van der Waals surface area contributed by atoms with Gasteiger partial charge in [0, 0.05) is 0 Å². The average Bonchev–Trinajstić information content (AvgIpc) is 2.29. The molecule has 2 unspecified atom stereocenters. The Morgan fingerprint density at radius 2 is 1.17 bits per heavy atom. The van der Waals surface area contributed by atoms with Crippen LogP contribution in [0.5, 0.6) is 0 Å². The quantitative estimate of drug-likeness (QED) is 0.271. The zero-order valence-corrected chi connectivity index (χ0v) is 13.4. The summed E-state index contributed by atoms with van der Waals surface area (Å²) in [5, 5.41) is 0. The molecule has 0 heteroatoms. The summed E-state index contributed by atoms with van der Waals surface area (Å²) in [6, 6.07) is 0. The van der Waals surface area contributed by atoms with Crippen LogP contribution in [0.3, 0.4) is 0 Å². The summed E-state index contributed by atoms with van der Waals surface area (Å²) in [7, 11) is 0. The van der Waals surface area contributed by atoms with Gasteiger partial charge < -0.3 is 0 Å². The molecule has 0 aliphatic carbocycles. The minimum absolute atomic E-state index is 0.877. The highest BCUT2D eigenvalue weighted by molar-refractivity contribution is 4.67. The molecule has 0 fully saturated rings. The van der Waals surface area contributed by atoms with Crippen molar-refractivity contribution < 1.29 is 0 Å². The Labute approximate surface area is 116 Å². The molecule has 108 valence electrons. The molecule has 0 bridgehead atoms. The molecule has 0 heterocycles. The van der Waals surface area contributed by atoms with E-state index in [1.165, 1.54) is 57.8 Å². The maximum atomic E-state index is 3.78. The number of allylic oxidation sites excluding steroid dienone is 1. The van der Waals surface area contributed by atoms with Crippen molar-refractivity contribution in [1.29, 1.82) is 0 Å². The van der Waals surface area contributed by atoms with Gasteiger partial charge in [-0.2, -0.15) is 0 Å². The van der Waals surface area contributed by atoms with Crippen molar-refractivity contribution in [1.82, 2.24) is 0 Å².